The summed E-state index contributed by atoms with van der Waals surface area (Å²) in [6.07, 6.45) is 21.1. The van der Waals surface area contributed by atoms with Crippen LogP contribution in [-0.4, -0.2) is 118 Å². The molecule has 5 aromatic carbocycles. The van der Waals surface area contributed by atoms with E-state index in [0.29, 0.717) is 98.9 Å². The number of aryl methyl sites for hydroxylation is 1. The molecule has 15 rings (SSSR count). The number of nitrogens with zero attached hydrogens (tertiary/aromatic N) is 13. The monoisotopic (exact) mass is 1470 g/mol. The second-order valence-corrected chi connectivity index (χ2v) is 24.7. The van der Waals surface area contributed by atoms with E-state index in [2.05, 4.69) is 55.6 Å². The molecule has 3 fully saturated rings. The van der Waals surface area contributed by atoms with Crippen LogP contribution in [0.4, 0.5) is 34.5 Å². The van der Waals surface area contributed by atoms with Gasteiger partial charge in [-0.05, 0) is 142 Å². The highest BCUT2D eigenvalue weighted by Gasteiger charge is 2.36. The average Bonchev–Trinajstić information content (AvgIpc) is 1.61. The van der Waals surface area contributed by atoms with Gasteiger partial charge < -0.3 is 47.9 Å². The number of hydrogen-bond donors (Lipinski definition) is 6. The molecule has 3 saturated heterocycles. The average molecular weight is 1470 g/mol. The van der Waals surface area contributed by atoms with E-state index in [0.717, 1.165) is 83.9 Å². The quantitative estimate of drug-likeness (QED) is 0.0519. The molecular weight excluding hydrogens is 1400 g/mol. The summed E-state index contributed by atoms with van der Waals surface area (Å²) in [7, 11) is 0. The van der Waals surface area contributed by atoms with Crippen LogP contribution in [-0.2, 0) is 14.4 Å². The van der Waals surface area contributed by atoms with E-state index in [1.165, 1.54) is 18.2 Å². The van der Waals surface area contributed by atoms with Crippen molar-refractivity contribution in [3.05, 3.63) is 267 Å². The first kappa shape index (κ1) is 76.2. The van der Waals surface area contributed by atoms with Crippen molar-refractivity contribution in [1.29, 1.82) is 0 Å². The van der Waals surface area contributed by atoms with E-state index in [9.17, 15) is 28.8 Å². The van der Waals surface area contributed by atoms with Gasteiger partial charge in [0.25, 0.3) is 17.7 Å². The Morgan fingerprint density at radius 3 is 1.15 bits per heavy atom. The number of carbonyl (C=O) groups excluding carboxylic acids is 6. The topological polar surface area (TPSA) is 330 Å². The zero-order chi connectivity index (χ0) is 71.8. The van der Waals surface area contributed by atoms with Gasteiger partial charge in [0, 0.05) is 108 Å². The smallest absolute Gasteiger partial charge is 0.274 e. The van der Waals surface area contributed by atoms with E-state index in [1.54, 1.807) is 94.1 Å². The fourth-order valence-electron chi connectivity index (χ4n) is 13.5. The van der Waals surface area contributed by atoms with Crippen molar-refractivity contribution in [2.75, 3.05) is 52.8 Å². The fourth-order valence-corrected chi connectivity index (χ4v) is 13.5. The molecule has 12 aromatic rings. The highest BCUT2D eigenvalue weighted by molar-refractivity contribution is 7.59. The molecule has 0 spiro atoms. The Labute approximate surface area is 631 Å². The molecule has 28 heteroatoms. The van der Waals surface area contributed by atoms with Crippen LogP contribution in [0.3, 0.4) is 0 Å². The molecule has 7 aromatic heterocycles. The number of carbonyl (C=O) groups is 6. The van der Waals surface area contributed by atoms with Crippen molar-refractivity contribution in [2.45, 2.75) is 63.6 Å². The Balaban J connectivity index is 0.000000168. The summed E-state index contributed by atoms with van der Waals surface area (Å²) in [5.41, 5.74) is 29.9. The Morgan fingerprint density at radius 1 is 0.425 bits per heavy atom. The molecule has 106 heavy (non-hydrogen) atoms. The first-order valence-electron chi connectivity index (χ1n) is 33.5. The van der Waals surface area contributed by atoms with Crippen LogP contribution in [0.25, 0.3) is 50.3 Å². The zero-order valence-corrected chi connectivity index (χ0v) is 60.8. The van der Waals surface area contributed by atoms with Gasteiger partial charge in [-0.25, -0.2) is 29.9 Å². The molecule has 0 aliphatic carbocycles. The van der Waals surface area contributed by atoms with Crippen molar-refractivity contribution in [3.63, 3.8) is 0 Å². The summed E-state index contributed by atoms with van der Waals surface area (Å²) < 4.78 is 5.76. The Kier molecular flexibility index (Phi) is 24.3. The third-order valence-electron chi connectivity index (χ3n) is 18.4. The molecule has 0 unspecified atom stereocenters. The molecule has 9 N–H and O–H groups in total. The van der Waals surface area contributed by atoms with Crippen LogP contribution in [0.1, 0.15) is 111 Å². The van der Waals surface area contributed by atoms with Crippen LogP contribution in [0.2, 0.25) is 0 Å². The van der Waals surface area contributed by atoms with Crippen LogP contribution >= 0.6 is 40.5 Å². The first-order valence-corrected chi connectivity index (χ1v) is 33.5. The van der Waals surface area contributed by atoms with Crippen molar-refractivity contribution < 1.29 is 28.8 Å². The maximum atomic E-state index is 12.6. The van der Waals surface area contributed by atoms with Crippen molar-refractivity contribution >= 4 is 127 Å². The molecule has 3 aliphatic rings. The summed E-state index contributed by atoms with van der Waals surface area (Å²) in [6, 6.07) is 43.3. The standard InChI is InChI=1S/C27H26N6O2.C26H24N6O2.C25H23N7O2.3H2S/c1-3-22(34)32-14-7-10-21(32)26-31-23(24-25(28)29-13-15-33(24)26)19-11-12-20(17(2)16-19)30-27(35)18-8-5-4-6-9-18;1-2-21(33)31-15-6-9-20(31)25-30-22(23-24(27)28-14-16-32(23)25)17-10-12-19(13-11-17)29-26(34)18-7-4-3-5-8-18;1-2-20(33)31-14-5-7-19(31)24-30-21(22-23(26)28-13-15-32(22)24)16-8-10-17(11-9-16)29-25(34)18-6-3-4-12-27-18;;;/h3-6,8-9,11-13,15-16,21H,1,7,10,14H2,2H3,(H2,28,29)(H,30,35);2-5,7-8,10-14,16,20H,1,6,9,15H2,(H2,27,28)(H,29,34);2-4,6,8-13,15,19H,1,5,7,14H2,(H2,26,28)(H,29,34);3*1H2/t21-;20-;19-;;;/m000.../s1. The van der Waals surface area contributed by atoms with Gasteiger partial charge in [-0.3, -0.25) is 47.0 Å². The highest BCUT2D eigenvalue weighted by Crippen LogP contribution is 2.41. The SMILES string of the molecule is C=CC(=O)N1CCC[C@H]1c1nc(-c2ccc(NC(=O)c3ccccc3)c(C)c2)c2c(N)nccn12.C=CC(=O)N1CCC[C@H]1c1nc(-c2ccc(NC(=O)c3ccccc3)cc2)c2c(N)nccn12.C=CC(=O)N1CCC[C@H]1c1nc(-c2ccc(NC(=O)c3ccccn3)cc2)c2c(N)nccn12.S.S.S. The van der Waals surface area contributed by atoms with Crippen LogP contribution in [0.5, 0.6) is 0 Å². The van der Waals surface area contributed by atoms with Crippen molar-refractivity contribution in [3.8, 4) is 33.8 Å². The molecule has 10 heterocycles. The van der Waals surface area contributed by atoms with Crippen molar-refractivity contribution in [1.82, 2.24) is 62.8 Å². The summed E-state index contributed by atoms with van der Waals surface area (Å²) in [5, 5.41) is 8.72. The maximum Gasteiger partial charge on any atom is 0.274 e. The number of nitrogens with one attached hydrogen (secondary N) is 3. The zero-order valence-electron chi connectivity index (χ0n) is 57.8. The van der Waals surface area contributed by atoms with Gasteiger partial charge in [-0.2, -0.15) is 40.5 Å². The summed E-state index contributed by atoms with van der Waals surface area (Å²) in [4.78, 5) is 112. The van der Waals surface area contributed by atoms with Gasteiger partial charge >= 0.3 is 0 Å². The van der Waals surface area contributed by atoms with Crippen molar-refractivity contribution in [2.24, 2.45) is 0 Å². The number of nitrogen functional groups attached to an aromatic ring is 3. The van der Waals surface area contributed by atoms with Gasteiger partial charge in [-0.15, -0.1) is 0 Å². The van der Waals surface area contributed by atoms with E-state index in [-0.39, 0.29) is 94.1 Å². The number of likely N-dealkylation sites (tertiary alicyclic amines) is 3. The highest BCUT2D eigenvalue weighted by atomic mass is 32.1. The minimum Gasteiger partial charge on any atom is -0.382 e. The van der Waals surface area contributed by atoms with Gasteiger partial charge in [0.1, 0.15) is 74.3 Å². The molecule has 25 nitrogen and oxygen atoms in total. The van der Waals surface area contributed by atoms with Crippen LogP contribution in [0.15, 0.2) is 227 Å². The number of nitrogens with two attached hydrogens (primary N) is 3. The predicted octanol–water partition coefficient (Wildman–Crippen LogP) is 12.3. The van der Waals surface area contributed by atoms with Crippen LogP contribution in [0, 0.1) is 6.92 Å². The minimum absolute atomic E-state index is 0. The third-order valence-corrected chi connectivity index (χ3v) is 18.4. The number of fused-ring (bicyclic) bond motifs is 3. The molecule has 3 aliphatic heterocycles. The lowest BCUT2D eigenvalue weighted by Crippen LogP contribution is -2.29. The minimum atomic E-state index is -0.287. The molecule has 3 atom stereocenters. The number of imidazole rings is 3. The number of rotatable bonds is 15. The number of amides is 6. The molecule has 0 bridgehead atoms. The fraction of sp³-hybridized carbons (Fsp3) is 0.167. The molecule has 6 amide bonds. The third kappa shape index (κ3) is 15.7. The number of hydrogen-bond acceptors (Lipinski definition) is 16. The summed E-state index contributed by atoms with van der Waals surface area (Å²) in [6.45, 7) is 14.8. The Bertz CT molecular complexity index is 5040. The Morgan fingerprint density at radius 2 is 0.783 bits per heavy atom. The predicted molar refractivity (Wildman–Crippen MR) is 427 cm³/mol. The van der Waals surface area contributed by atoms with E-state index < -0.39 is 0 Å². The van der Waals surface area contributed by atoms with Gasteiger partial charge in [0.2, 0.25) is 17.7 Å². The van der Waals surface area contributed by atoms with Crippen LogP contribution < -0.4 is 33.2 Å². The number of pyridine rings is 1. The molecule has 540 valence electrons. The molecule has 0 radical (unpaired) electrons. The lowest BCUT2D eigenvalue weighted by atomic mass is 10.1. The summed E-state index contributed by atoms with van der Waals surface area (Å²) >= 11 is 0. The maximum absolute atomic E-state index is 12.6. The van der Waals surface area contributed by atoms with Gasteiger partial charge in [0.15, 0.2) is 0 Å². The van der Waals surface area contributed by atoms with Gasteiger partial charge in [-0.1, -0.05) is 92.5 Å². The van der Waals surface area contributed by atoms with E-state index in [1.807, 2.05) is 130 Å². The molecular formula is C78H79N19O6S3. The Hall–Kier alpha value is -12.4. The normalized spacial score (nSPS) is 15.0. The lowest BCUT2D eigenvalue weighted by Gasteiger charge is -2.22. The second-order valence-electron chi connectivity index (χ2n) is 24.7. The summed E-state index contributed by atoms with van der Waals surface area (Å²) in [5.74, 6) is 2.33. The number of aromatic nitrogens is 10. The molecule has 0 saturated carbocycles. The first-order chi connectivity index (χ1) is 50.1. The lowest BCUT2D eigenvalue weighted by molar-refractivity contribution is -0.127. The van der Waals surface area contributed by atoms with E-state index in [4.69, 9.17) is 32.2 Å². The largest absolute Gasteiger partial charge is 0.382 e. The van der Waals surface area contributed by atoms with E-state index >= 15 is 0 Å². The van der Waals surface area contributed by atoms with Gasteiger partial charge in [0.05, 0.1) is 18.1 Å². The second kappa shape index (κ2) is 33.8. The number of anilines is 6. The number of benzene rings is 5.